The van der Waals surface area contributed by atoms with E-state index < -0.39 is 0 Å². The van der Waals surface area contributed by atoms with Gasteiger partial charge >= 0.3 is 52.9 Å². The molecule has 0 aliphatic heterocycles. The summed E-state index contributed by atoms with van der Waals surface area (Å²) in [4.78, 5) is 0. The fourth-order valence-corrected chi connectivity index (χ4v) is 0. The van der Waals surface area contributed by atoms with Crippen LogP contribution in [0.15, 0.2) is 0 Å². The van der Waals surface area contributed by atoms with Crippen molar-refractivity contribution in [3.05, 3.63) is 0 Å². The van der Waals surface area contributed by atoms with Gasteiger partial charge in [-0.1, -0.05) is 0 Å². The Bertz CT molecular complexity index is 15.5. The Hall–Kier alpha value is 2.58. The molecule has 1 nitrogen and oxygen atoms in total. The molecule has 0 heterocycles. The van der Waals surface area contributed by atoms with Crippen LogP contribution in [0, 0.1) is 0 Å². The number of hydrogen-bond acceptors (Lipinski definition) is 1. The Morgan fingerprint density at radius 1 is 1.33 bits per heavy atom. The van der Waals surface area contributed by atoms with E-state index >= 15 is 0 Å². The Balaban J connectivity index is -0.00000000500. The molecule has 0 aromatic heterocycles. The van der Waals surface area contributed by atoms with Gasteiger partial charge in [0, 0.05) is 34.1 Å². The molecule has 0 amide bonds. The zero-order chi connectivity index (χ0) is 4.00. The summed E-state index contributed by atoms with van der Waals surface area (Å²) in [6.45, 7) is 0. The van der Waals surface area contributed by atoms with Crippen molar-refractivity contribution in [2.45, 2.75) is 0 Å². The predicted molar refractivity (Wildman–Crippen MR) is 6.54 cm³/mol. The first-order chi connectivity index (χ1) is 2.00. The van der Waals surface area contributed by atoms with E-state index in [9.17, 15) is 0 Å². The third-order valence-electron chi connectivity index (χ3n) is 0. The van der Waals surface area contributed by atoms with Crippen LogP contribution >= 0.6 is 9.19 Å². The molecule has 0 fully saturated rings. The summed E-state index contributed by atoms with van der Waals surface area (Å²) in [5.74, 6) is 0. The number of halogens is 1. The van der Waals surface area contributed by atoms with E-state index in [0.29, 0.717) is 0 Å². The predicted octanol–water partition coefficient (Wildman–Crippen LogP) is 0.561. The molecule has 0 unspecified atom stereocenters. The fourth-order valence-electron chi connectivity index (χ4n) is 0. The molecule has 47 valence electrons. The fraction of sp³-hybridized carbons (Fsp3) is 0. The topological polar surface area (TPSA) is 17.1 Å². The molecule has 0 aromatic rings. The summed E-state index contributed by atoms with van der Waals surface area (Å²) in [5, 5.41) is 0. The summed E-state index contributed by atoms with van der Waals surface area (Å²) in [5.41, 5.74) is 0. The van der Waals surface area contributed by atoms with Crippen LogP contribution < -0.4 is 0 Å². The van der Waals surface area contributed by atoms with Crippen LogP contribution in [0.1, 0.15) is 0 Å². The SMILES string of the molecule is [Cl][Ag].[Cu].[Fe].[O]=[Ti]. The molecular formula is AgClCuFeOTi. The quantitative estimate of drug-likeness (QED) is 0.595. The molecule has 0 aliphatic rings. The second kappa shape index (κ2) is 49.2. The maximum atomic E-state index is 8.25. The van der Waals surface area contributed by atoms with Crippen molar-refractivity contribution in [1.82, 2.24) is 0 Å². The van der Waals surface area contributed by atoms with Gasteiger partial charge in [-0.3, -0.25) is 0 Å². The average molecular weight is 327 g/mol. The molecule has 6 heteroatoms. The van der Waals surface area contributed by atoms with Crippen molar-refractivity contribution >= 4 is 9.19 Å². The molecule has 0 aliphatic carbocycles. The first-order valence-electron chi connectivity index (χ1n) is 0.318. The van der Waals surface area contributed by atoms with Gasteiger partial charge in [-0.25, -0.2) is 0 Å². The Kier molecular flexibility index (Phi) is 193. The van der Waals surface area contributed by atoms with E-state index in [1.165, 1.54) is 0 Å². The van der Waals surface area contributed by atoms with Crippen LogP contribution in [0.4, 0.5) is 0 Å². The Morgan fingerprint density at radius 2 is 1.33 bits per heavy atom. The summed E-state index contributed by atoms with van der Waals surface area (Å²) in [7, 11) is 4.45. The van der Waals surface area contributed by atoms with E-state index in [1.807, 2.05) is 0 Å². The van der Waals surface area contributed by atoms with E-state index in [-0.39, 0.29) is 34.1 Å². The molecule has 1 radical (unpaired) electrons. The number of hydrogen-bond donors (Lipinski definition) is 0. The van der Waals surface area contributed by atoms with Crippen LogP contribution in [0.25, 0.3) is 0 Å². The van der Waals surface area contributed by atoms with Gasteiger partial charge < -0.3 is 0 Å². The monoisotopic (exact) mass is 325 g/mol. The average Bonchev–Trinajstić information content (AvgIpc) is 1.50. The first-order valence-corrected chi connectivity index (χ1v) is 2.86. The first kappa shape index (κ1) is 23.5. The minimum atomic E-state index is 0. The zero-order valence-electron chi connectivity index (χ0n) is 2.24. The summed E-state index contributed by atoms with van der Waals surface area (Å²) in [6.07, 6.45) is 0. The van der Waals surface area contributed by atoms with Gasteiger partial charge in [0.05, 0.1) is 0 Å². The van der Waals surface area contributed by atoms with Gasteiger partial charge in [0.2, 0.25) is 0 Å². The van der Waals surface area contributed by atoms with Gasteiger partial charge in [-0.2, -0.15) is 0 Å². The van der Waals surface area contributed by atoms with Crippen LogP contribution in [-0.2, 0) is 77.9 Å². The van der Waals surface area contributed by atoms with Crippen molar-refractivity contribution in [3.8, 4) is 0 Å². The van der Waals surface area contributed by atoms with Crippen LogP contribution in [0.3, 0.4) is 0 Å². The molecule has 0 spiro atoms. The van der Waals surface area contributed by atoms with Crippen molar-refractivity contribution in [2.24, 2.45) is 0 Å². The standard InChI is InChI=1S/Ag.ClH.Cu.Fe.O.Ti/h;1H;;;;/q+1;;;;;/p-1. The third-order valence-corrected chi connectivity index (χ3v) is 0. The molecule has 6 heavy (non-hydrogen) atoms. The van der Waals surface area contributed by atoms with Crippen LogP contribution in [-0.4, -0.2) is 0 Å². The molecule has 0 atom stereocenters. The summed E-state index contributed by atoms with van der Waals surface area (Å²) >= 11 is 3.17. The molecule has 0 N–H and O–H groups in total. The van der Waals surface area contributed by atoms with Crippen LogP contribution in [0.5, 0.6) is 0 Å². The zero-order valence-corrected chi connectivity index (χ0v) is 8.09. The molecule has 0 saturated carbocycles. The van der Waals surface area contributed by atoms with Gasteiger partial charge in [0.1, 0.15) is 0 Å². The van der Waals surface area contributed by atoms with E-state index in [4.69, 9.17) is 3.32 Å². The van der Waals surface area contributed by atoms with Gasteiger partial charge in [-0.15, -0.1) is 0 Å². The summed E-state index contributed by atoms with van der Waals surface area (Å²) < 4.78 is 8.25. The van der Waals surface area contributed by atoms with Gasteiger partial charge in [0.25, 0.3) is 0 Å². The second-order valence-electron chi connectivity index (χ2n) is 0. The normalized spacial score (nSPS) is 1.67. The van der Waals surface area contributed by atoms with E-state index in [0.717, 1.165) is 20.4 Å². The van der Waals surface area contributed by atoms with Crippen molar-refractivity contribution in [2.75, 3.05) is 0 Å². The molecular weight excluding hydrogens is 327 g/mol. The molecule has 0 bridgehead atoms. The van der Waals surface area contributed by atoms with Crippen LogP contribution in [0.2, 0.25) is 0 Å². The van der Waals surface area contributed by atoms with Gasteiger partial charge in [0.15, 0.2) is 0 Å². The number of rotatable bonds is 0. The maximum absolute atomic E-state index is 8.25. The Labute approximate surface area is 85.8 Å². The van der Waals surface area contributed by atoms with E-state index in [1.54, 1.807) is 0 Å². The third kappa shape index (κ3) is 30.8. The molecule has 0 rings (SSSR count). The molecule has 0 aromatic carbocycles. The van der Waals surface area contributed by atoms with Crippen molar-refractivity contribution in [3.63, 3.8) is 0 Å². The van der Waals surface area contributed by atoms with Gasteiger partial charge in [-0.05, 0) is 0 Å². The molecule has 0 saturated heterocycles. The van der Waals surface area contributed by atoms with Crippen molar-refractivity contribution < 1.29 is 77.9 Å². The minimum absolute atomic E-state index is 0. The second-order valence-corrected chi connectivity index (χ2v) is 0. The van der Waals surface area contributed by atoms with E-state index in [2.05, 4.69) is 29.2 Å². The Morgan fingerprint density at radius 3 is 1.33 bits per heavy atom. The summed E-state index contributed by atoms with van der Waals surface area (Å²) in [6, 6.07) is 0. The van der Waals surface area contributed by atoms with Crippen molar-refractivity contribution in [1.29, 1.82) is 0 Å².